The number of hydrogen-bond acceptors (Lipinski definition) is 8. The van der Waals surface area contributed by atoms with Crippen LogP contribution in [0.5, 0.6) is 0 Å². The second kappa shape index (κ2) is 17.1. The zero-order valence-corrected chi connectivity index (χ0v) is 31.5. The van der Waals surface area contributed by atoms with Gasteiger partial charge in [0.05, 0.1) is 12.6 Å². The summed E-state index contributed by atoms with van der Waals surface area (Å²) < 4.78 is 5.43. The van der Waals surface area contributed by atoms with Gasteiger partial charge in [0.25, 0.3) is 5.91 Å². The summed E-state index contributed by atoms with van der Waals surface area (Å²) in [6.45, 7) is 12.0. The fourth-order valence-electron chi connectivity index (χ4n) is 6.61. The van der Waals surface area contributed by atoms with Crippen molar-refractivity contribution in [1.82, 2.24) is 31.1 Å². The molecule has 3 rings (SSSR count). The smallest absolute Gasteiger partial charge is 0.408 e. The molecule has 2 bridgehead atoms. The fourth-order valence-corrected chi connectivity index (χ4v) is 6.61. The maximum absolute atomic E-state index is 14.2. The summed E-state index contributed by atoms with van der Waals surface area (Å²) in [6.07, 6.45) is 2.68. The van der Waals surface area contributed by atoms with E-state index < -0.39 is 77.2 Å². The summed E-state index contributed by atoms with van der Waals surface area (Å²) in [6, 6.07) is 4.35. The molecule has 2 aliphatic rings. The predicted octanol–water partition coefficient (Wildman–Crippen LogP) is 2.61. The number of Topliss-reactive ketones (excluding diaryl/α,β-unsaturated/α-hetero) is 1. The van der Waals surface area contributed by atoms with Crippen LogP contribution in [0.15, 0.2) is 30.3 Å². The Kier molecular flexibility index (Phi) is 13.8. The molecule has 1 aromatic carbocycles. The molecular formula is C37H56N6O8. The maximum Gasteiger partial charge on any atom is 0.408 e. The second-order valence-electron chi connectivity index (χ2n) is 15.8. The second-order valence-corrected chi connectivity index (χ2v) is 15.8. The van der Waals surface area contributed by atoms with Gasteiger partial charge in [0, 0.05) is 20.1 Å². The molecule has 1 aliphatic heterocycles. The average Bonchev–Trinajstić information content (AvgIpc) is 3.67. The normalized spacial score (nSPS) is 20.0. The van der Waals surface area contributed by atoms with Crippen LogP contribution in [-0.4, -0.2) is 102 Å². The molecule has 282 valence electrons. The Labute approximate surface area is 301 Å². The Balaban J connectivity index is 1.73. The van der Waals surface area contributed by atoms with Gasteiger partial charge in [-0.15, -0.1) is 0 Å². The molecule has 14 heteroatoms. The van der Waals surface area contributed by atoms with Gasteiger partial charge in [0.2, 0.25) is 29.4 Å². The first-order valence-corrected chi connectivity index (χ1v) is 17.7. The number of hydrogen-bond donors (Lipinski definition) is 4. The van der Waals surface area contributed by atoms with Gasteiger partial charge in [-0.2, -0.15) is 0 Å². The van der Waals surface area contributed by atoms with Gasteiger partial charge in [-0.05, 0) is 63.4 Å². The summed E-state index contributed by atoms with van der Waals surface area (Å²) in [5.74, 6) is -4.15. The summed E-state index contributed by atoms with van der Waals surface area (Å²) >= 11 is 0. The van der Waals surface area contributed by atoms with Crippen molar-refractivity contribution in [3.8, 4) is 0 Å². The van der Waals surface area contributed by atoms with E-state index in [2.05, 4.69) is 21.3 Å². The zero-order valence-electron chi connectivity index (χ0n) is 31.5. The van der Waals surface area contributed by atoms with Crippen molar-refractivity contribution in [1.29, 1.82) is 0 Å². The van der Waals surface area contributed by atoms with Crippen LogP contribution in [-0.2, 0) is 33.5 Å². The first kappa shape index (κ1) is 40.9. The molecular weight excluding hydrogens is 656 g/mol. The van der Waals surface area contributed by atoms with Crippen LogP contribution < -0.4 is 21.3 Å². The molecule has 0 aromatic heterocycles. The van der Waals surface area contributed by atoms with Crippen molar-refractivity contribution < 1.29 is 38.3 Å². The van der Waals surface area contributed by atoms with Crippen LogP contribution in [0.2, 0.25) is 0 Å². The number of ketones is 1. The summed E-state index contributed by atoms with van der Waals surface area (Å²) in [4.78, 5) is 96.0. The SMILES string of the molecule is CCCCC(NC(=O)C1C2CCC(C2)N1C(=O)C(NC(=O)OC(C)(C)C)C(C)(C)C)C(=O)C(=O)NCC(=O)NC(C(=O)N(C)C)c1ccccc1. The molecule has 1 aromatic rings. The van der Waals surface area contributed by atoms with Crippen molar-refractivity contribution in [2.24, 2.45) is 11.3 Å². The molecule has 6 atom stereocenters. The first-order chi connectivity index (χ1) is 23.7. The minimum absolute atomic E-state index is 0.150. The van der Waals surface area contributed by atoms with Gasteiger partial charge in [-0.3, -0.25) is 28.8 Å². The van der Waals surface area contributed by atoms with Gasteiger partial charge in [-0.1, -0.05) is 70.9 Å². The Morgan fingerprint density at radius 1 is 0.922 bits per heavy atom. The zero-order chi connectivity index (χ0) is 38.3. The van der Waals surface area contributed by atoms with E-state index in [1.807, 2.05) is 27.7 Å². The van der Waals surface area contributed by atoms with Crippen LogP contribution in [0.1, 0.15) is 98.6 Å². The number of carbonyl (C=O) groups is 7. The number of rotatable bonds is 14. The van der Waals surface area contributed by atoms with Gasteiger partial charge in [0.15, 0.2) is 0 Å². The van der Waals surface area contributed by atoms with Crippen LogP contribution in [0.4, 0.5) is 4.79 Å². The van der Waals surface area contributed by atoms with E-state index in [9.17, 15) is 33.6 Å². The van der Waals surface area contributed by atoms with Crippen LogP contribution >= 0.6 is 0 Å². The van der Waals surface area contributed by atoms with E-state index in [0.29, 0.717) is 31.2 Å². The Bertz CT molecular complexity index is 1450. The van der Waals surface area contributed by atoms with E-state index in [1.54, 1.807) is 70.1 Å². The number of fused-ring (bicyclic) bond motifs is 2. The number of nitrogens with one attached hydrogen (secondary N) is 4. The average molecular weight is 713 g/mol. The number of piperidine rings is 1. The molecule has 1 saturated heterocycles. The number of ether oxygens (including phenoxy) is 1. The topological polar surface area (TPSA) is 183 Å². The van der Waals surface area contributed by atoms with Crippen molar-refractivity contribution in [3.05, 3.63) is 35.9 Å². The number of amides is 6. The van der Waals surface area contributed by atoms with E-state index in [4.69, 9.17) is 4.74 Å². The predicted molar refractivity (Wildman–Crippen MR) is 190 cm³/mol. The lowest BCUT2D eigenvalue weighted by molar-refractivity contribution is -0.147. The Morgan fingerprint density at radius 2 is 1.57 bits per heavy atom. The highest BCUT2D eigenvalue weighted by molar-refractivity contribution is 6.38. The third kappa shape index (κ3) is 11.0. The van der Waals surface area contributed by atoms with E-state index in [0.717, 1.165) is 6.42 Å². The molecule has 6 amide bonds. The molecule has 1 saturated carbocycles. The van der Waals surface area contributed by atoms with Crippen molar-refractivity contribution in [2.75, 3.05) is 20.6 Å². The van der Waals surface area contributed by atoms with Crippen molar-refractivity contribution >= 4 is 41.4 Å². The fraction of sp³-hybridized carbons (Fsp3) is 0.649. The van der Waals surface area contributed by atoms with E-state index in [1.165, 1.54) is 4.90 Å². The van der Waals surface area contributed by atoms with Crippen molar-refractivity contribution in [3.63, 3.8) is 0 Å². The highest BCUT2D eigenvalue weighted by Crippen LogP contribution is 2.43. The molecule has 51 heavy (non-hydrogen) atoms. The first-order valence-electron chi connectivity index (χ1n) is 17.7. The molecule has 4 N–H and O–H groups in total. The standard InChI is InChI=1S/C37H56N6O8/c1-10-11-17-25(29(45)32(47)38-21-26(44)40-27(33(48)42(8)9)22-15-13-12-14-16-22)39-31(46)28-23-18-19-24(20-23)43(28)34(49)30(36(2,3)4)41-35(50)51-37(5,6)7/h12-16,23-25,27-28,30H,10-11,17-21H2,1-9H3,(H,38,47)(H,39,46)(H,40,44)(H,41,50). The third-order valence-electron chi connectivity index (χ3n) is 9.12. The molecule has 1 heterocycles. The molecule has 2 fully saturated rings. The molecule has 1 aliphatic carbocycles. The molecule has 0 radical (unpaired) electrons. The van der Waals surface area contributed by atoms with E-state index in [-0.39, 0.29) is 24.3 Å². The Hall–Kier alpha value is -4.49. The third-order valence-corrected chi connectivity index (χ3v) is 9.12. The lowest BCUT2D eigenvalue weighted by Crippen LogP contribution is -2.62. The number of alkyl carbamates (subject to hydrolysis) is 1. The minimum atomic E-state index is -1.19. The molecule has 6 unspecified atom stereocenters. The van der Waals surface area contributed by atoms with Crippen LogP contribution in [0, 0.1) is 11.3 Å². The van der Waals surface area contributed by atoms with Gasteiger partial charge in [-0.25, -0.2) is 4.79 Å². The number of likely N-dealkylation sites (N-methyl/N-ethyl adjacent to an activating group) is 1. The minimum Gasteiger partial charge on any atom is -0.444 e. The highest BCUT2D eigenvalue weighted by atomic mass is 16.6. The molecule has 14 nitrogen and oxygen atoms in total. The largest absolute Gasteiger partial charge is 0.444 e. The highest BCUT2D eigenvalue weighted by Gasteiger charge is 2.54. The van der Waals surface area contributed by atoms with Crippen LogP contribution in [0.25, 0.3) is 0 Å². The lowest BCUT2D eigenvalue weighted by atomic mass is 9.85. The maximum atomic E-state index is 14.2. The lowest BCUT2D eigenvalue weighted by Gasteiger charge is -2.40. The summed E-state index contributed by atoms with van der Waals surface area (Å²) in [5, 5.41) is 10.4. The van der Waals surface area contributed by atoms with E-state index >= 15 is 0 Å². The van der Waals surface area contributed by atoms with Gasteiger partial charge < -0.3 is 35.8 Å². The van der Waals surface area contributed by atoms with Gasteiger partial charge in [0.1, 0.15) is 23.7 Å². The van der Waals surface area contributed by atoms with Gasteiger partial charge >= 0.3 is 6.09 Å². The number of likely N-dealkylation sites (tertiary alicyclic amines) is 1. The Morgan fingerprint density at radius 3 is 2.14 bits per heavy atom. The summed E-state index contributed by atoms with van der Waals surface area (Å²) in [7, 11) is 3.12. The number of nitrogens with zero attached hydrogens (tertiary/aromatic N) is 2. The van der Waals surface area contributed by atoms with Crippen molar-refractivity contribution in [2.45, 2.75) is 123 Å². The number of unbranched alkanes of at least 4 members (excludes halogenated alkanes) is 1. The number of carbonyl (C=O) groups excluding carboxylic acids is 7. The number of benzene rings is 1. The summed E-state index contributed by atoms with van der Waals surface area (Å²) in [5.41, 5.74) is -0.949. The monoisotopic (exact) mass is 712 g/mol. The quantitative estimate of drug-likeness (QED) is 0.212. The van der Waals surface area contributed by atoms with Crippen LogP contribution in [0.3, 0.4) is 0 Å². The molecule has 0 spiro atoms.